The summed E-state index contributed by atoms with van der Waals surface area (Å²) in [7, 11) is 0. The molecule has 114 valence electrons. The number of benzene rings is 1. The molecule has 2 aromatic heterocycles. The molecule has 23 heavy (non-hydrogen) atoms. The molecular weight excluding hydrogens is 304 g/mol. The Hall–Kier alpha value is -2.64. The highest BCUT2D eigenvalue weighted by Crippen LogP contribution is 2.29. The molecule has 0 aliphatic heterocycles. The van der Waals surface area contributed by atoms with Crippen LogP contribution in [0.15, 0.2) is 40.1 Å². The third-order valence-corrected chi connectivity index (χ3v) is 4.44. The lowest BCUT2D eigenvalue weighted by Crippen LogP contribution is -1.86. The van der Waals surface area contributed by atoms with Crippen molar-refractivity contribution in [3.63, 3.8) is 0 Å². The molecule has 0 bridgehead atoms. The lowest BCUT2D eigenvalue weighted by molar-refractivity contribution is 0.525. The summed E-state index contributed by atoms with van der Waals surface area (Å²) in [6, 6.07) is 12.2. The highest BCUT2D eigenvalue weighted by Gasteiger charge is 2.11. The van der Waals surface area contributed by atoms with E-state index in [1.807, 2.05) is 24.4 Å². The van der Waals surface area contributed by atoms with Crippen LogP contribution in [0.2, 0.25) is 0 Å². The molecular formula is C19H16N2OS. The summed E-state index contributed by atoms with van der Waals surface area (Å²) < 4.78 is 5.51. The molecule has 4 heteroatoms. The van der Waals surface area contributed by atoms with E-state index in [0.717, 1.165) is 17.0 Å². The maximum absolute atomic E-state index is 9.43. The molecule has 0 aliphatic carbocycles. The first-order chi connectivity index (χ1) is 11.1. The van der Waals surface area contributed by atoms with Crippen LogP contribution in [0.3, 0.4) is 0 Å². The third-order valence-electron chi connectivity index (χ3n) is 3.56. The largest absolute Gasteiger partial charge is 0.462 e. The zero-order chi connectivity index (χ0) is 16.4. The zero-order valence-corrected chi connectivity index (χ0v) is 14.1. The van der Waals surface area contributed by atoms with Crippen LogP contribution in [-0.2, 0) is 0 Å². The molecule has 3 nitrogen and oxygen atoms in total. The third kappa shape index (κ3) is 3.25. The van der Waals surface area contributed by atoms with Gasteiger partial charge in [-0.1, -0.05) is 23.8 Å². The van der Waals surface area contributed by atoms with E-state index in [1.54, 1.807) is 6.08 Å². The summed E-state index contributed by atoms with van der Waals surface area (Å²) in [6.07, 6.45) is 1.73. The molecule has 0 aliphatic rings. The van der Waals surface area contributed by atoms with Crippen molar-refractivity contribution in [1.82, 2.24) is 4.98 Å². The average molecular weight is 320 g/mol. The Labute approximate surface area is 139 Å². The first-order valence-electron chi connectivity index (χ1n) is 7.28. The number of hydrogen-bond acceptors (Lipinski definition) is 4. The summed E-state index contributed by atoms with van der Waals surface area (Å²) in [5.41, 5.74) is 4.93. The van der Waals surface area contributed by atoms with Gasteiger partial charge in [-0.2, -0.15) is 5.26 Å². The zero-order valence-electron chi connectivity index (χ0n) is 13.3. The van der Waals surface area contributed by atoms with Crippen molar-refractivity contribution in [2.75, 3.05) is 0 Å². The van der Waals surface area contributed by atoms with Gasteiger partial charge in [-0.3, -0.25) is 0 Å². The van der Waals surface area contributed by atoms with E-state index in [1.165, 1.54) is 22.5 Å². The van der Waals surface area contributed by atoms with Crippen molar-refractivity contribution in [3.8, 4) is 17.3 Å². The van der Waals surface area contributed by atoms with Gasteiger partial charge in [-0.25, -0.2) is 4.98 Å². The number of allylic oxidation sites excluding steroid dienone is 1. The number of hydrogen-bond donors (Lipinski definition) is 0. The summed E-state index contributed by atoms with van der Waals surface area (Å²) in [5.74, 6) is 1.49. The molecule has 0 saturated carbocycles. The van der Waals surface area contributed by atoms with E-state index in [0.29, 0.717) is 16.3 Å². The van der Waals surface area contributed by atoms with Crippen LogP contribution in [0.5, 0.6) is 0 Å². The van der Waals surface area contributed by atoms with E-state index in [2.05, 4.69) is 43.1 Å². The Kier molecular flexibility index (Phi) is 4.14. The fraction of sp³-hybridized carbons (Fsp3) is 0.158. The van der Waals surface area contributed by atoms with E-state index in [-0.39, 0.29) is 0 Å². The van der Waals surface area contributed by atoms with E-state index < -0.39 is 0 Å². The fourth-order valence-corrected chi connectivity index (χ4v) is 3.22. The van der Waals surface area contributed by atoms with E-state index in [9.17, 15) is 5.26 Å². The van der Waals surface area contributed by atoms with Gasteiger partial charge in [0.1, 0.15) is 22.6 Å². The topological polar surface area (TPSA) is 49.8 Å². The van der Waals surface area contributed by atoms with Crippen molar-refractivity contribution in [3.05, 3.63) is 63.4 Å². The van der Waals surface area contributed by atoms with Crippen LogP contribution < -0.4 is 0 Å². The van der Waals surface area contributed by atoms with Gasteiger partial charge in [0.05, 0.1) is 11.3 Å². The summed E-state index contributed by atoms with van der Waals surface area (Å²) in [4.78, 5) is 4.63. The summed E-state index contributed by atoms with van der Waals surface area (Å²) >= 11 is 1.47. The van der Waals surface area contributed by atoms with Crippen molar-refractivity contribution in [2.24, 2.45) is 0 Å². The van der Waals surface area contributed by atoms with Crippen molar-refractivity contribution in [1.29, 1.82) is 5.26 Å². The van der Waals surface area contributed by atoms with Gasteiger partial charge in [0.25, 0.3) is 0 Å². The molecule has 0 amide bonds. The Morgan fingerprint density at radius 1 is 1.22 bits per heavy atom. The van der Waals surface area contributed by atoms with Crippen LogP contribution in [-0.4, -0.2) is 4.98 Å². The number of rotatable bonds is 3. The molecule has 1 aromatic carbocycles. The molecule has 0 atom stereocenters. The molecule has 0 N–H and O–H groups in total. The van der Waals surface area contributed by atoms with Gasteiger partial charge in [0.2, 0.25) is 0 Å². The van der Waals surface area contributed by atoms with Crippen LogP contribution in [0, 0.1) is 32.1 Å². The number of aryl methyl sites for hydroxylation is 3. The predicted octanol–water partition coefficient (Wildman–Crippen LogP) is 5.39. The van der Waals surface area contributed by atoms with Gasteiger partial charge in [-0.15, -0.1) is 11.3 Å². The smallest absolute Gasteiger partial charge is 0.134 e. The minimum Gasteiger partial charge on any atom is -0.462 e. The second-order valence-electron chi connectivity index (χ2n) is 5.47. The molecule has 0 unspecified atom stereocenters. The first kappa shape index (κ1) is 15.3. The molecule has 0 saturated heterocycles. The summed E-state index contributed by atoms with van der Waals surface area (Å²) in [5, 5.41) is 12.1. The molecule has 3 aromatic rings. The quantitative estimate of drug-likeness (QED) is 0.608. The standard InChI is InChI=1S/C19H16N2OS/c1-12-4-7-17(13(2)8-12)18-11-23-19(21-18)15(10-20)9-16-6-5-14(3)22-16/h4-9,11H,1-3H3. The minimum atomic E-state index is 0.514. The van der Waals surface area contributed by atoms with Crippen LogP contribution in [0.25, 0.3) is 22.9 Å². The van der Waals surface area contributed by atoms with Gasteiger partial charge in [0.15, 0.2) is 0 Å². The Bertz CT molecular complexity index is 925. The van der Waals surface area contributed by atoms with Gasteiger partial charge < -0.3 is 4.42 Å². The predicted molar refractivity (Wildman–Crippen MR) is 94.0 cm³/mol. The Morgan fingerprint density at radius 3 is 2.70 bits per heavy atom. The number of thiazole rings is 1. The van der Waals surface area contributed by atoms with Crippen LogP contribution >= 0.6 is 11.3 Å². The van der Waals surface area contributed by atoms with Crippen molar-refractivity contribution in [2.45, 2.75) is 20.8 Å². The van der Waals surface area contributed by atoms with Crippen LogP contribution in [0.1, 0.15) is 27.7 Å². The number of aromatic nitrogens is 1. The highest BCUT2D eigenvalue weighted by molar-refractivity contribution is 7.11. The molecule has 0 radical (unpaired) electrons. The number of nitrogens with zero attached hydrogens (tertiary/aromatic N) is 2. The number of furan rings is 1. The maximum atomic E-state index is 9.43. The van der Waals surface area contributed by atoms with E-state index >= 15 is 0 Å². The lowest BCUT2D eigenvalue weighted by atomic mass is 10.0. The molecule has 2 heterocycles. The van der Waals surface area contributed by atoms with Crippen molar-refractivity contribution >= 4 is 23.0 Å². The molecule has 0 spiro atoms. The highest BCUT2D eigenvalue weighted by atomic mass is 32.1. The average Bonchev–Trinajstić information content (AvgIpc) is 3.14. The van der Waals surface area contributed by atoms with Gasteiger partial charge >= 0.3 is 0 Å². The fourth-order valence-electron chi connectivity index (χ4n) is 2.44. The Morgan fingerprint density at radius 2 is 2.04 bits per heavy atom. The second-order valence-corrected chi connectivity index (χ2v) is 6.33. The SMILES string of the molecule is Cc1ccc(-c2csc(C(C#N)=Cc3ccc(C)o3)n2)c(C)c1. The minimum absolute atomic E-state index is 0.514. The van der Waals surface area contributed by atoms with Gasteiger partial charge in [-0.05, 0) is 38.5 Å². The molecule has 0 fully saturated rings. The van der Waals surface area contributed by atoms with Gasteiger partial charge in [0, 0.05) is 17.0 Å². The first-order valence-corrected chi connectivity index (χ1v) is 8.16. The number of nitriles is 1. The lowest BCUT2D eigenvalue weighted by Gasteiger charge is -2.03. The van der Waals surface area contributed by atoms with E-state index in [4.69, 9.17) is 4.42 Å². The van der Waals surface area contributed by atoms with Crippen molar-refractivity contribution < 1.29 is 4.42 Å². The summed E-state index contributed by atoms with van der Waals surface area (Å²) in [6.45, 7) is 6.03. The Balaban J connectivity index is 1.97. The normalized spacial score (nSPS) is 11.5. The van der Waals surface area contributed by atoms with Crippen LogP contribution in [0.4, 0.5) is 0 Å². The second kappa shape index (κ2) is 6.23. The monoisotopic (exact) mass is 320 g/mol. The molecule has 3 rings (SSSR count). The maximum Gasteiger partial charge on any atom is 0.134 e.